The lowest BCUT2D eigenvalue weighted by atomic mass is 10.2. The van der Waals surface area contributed by atoms with E-state index >= 15 is 0 Å². The van der Waals surface area contributed by atoms with E-state index in [0.717, 1.165) is 5.56 Å². The Morgan fingerprint density at radius 1 is 1.38 bits per heavy atom. The van der Waals surface area contributed by atoms with Crippen molar-refractivity contribution in [3.05, 3.63) is 62.5 Å². The molecule has 2 aromatic heterocycles. The minimum absolute atomic E-state index is 0.0464. The van der Waals surface area contributed by atoms with Crippen molar-refractivity contribution in [2.75, 3.05) is 0 Å². The van der Waals surface area contributed by atoms with Crippen molar-refractivity contribution in [2.24, 2.45) is 5.73 Å². The predicted molar refractivity (Wildman–Crippen MR) is 83.0 cm³/mol. The number of aromatic nitrogens is 2. The van der Waals surface area contributed by atoms with E-state index in [4.69, 9.17) is 17.3 Å². The van der Waals surface area contributed by atoms with Crippen molar-refractivity contribution in [1.82, 2.24) is 9.55 Å². The zero-order valence-corrected chi connectivity index (χ0v) is 12.3. The number of carbonyl (C=O) groups is 1. The Kier molecular flexibility index (Phi) is 3.48. The molecule has 0 aliphatic carbocycles. The summed E-state index contributed by atoms with van der Waals surface area (Å²) in [6.45, 7) is 0.191. The Balaban J connectivity index is 2.20. The van der Waals surface area contributed by atoms with Crippen LogP contribution in [0.5, 0.6) is 0 Å². The van der Waals surface area contributed by atoms with Crippen LogP contribution in [-0.2, 0) is 6.54 Å². The standard InChI is InChI=1S/C14H10ClN3O2S/c15-9-3-1-2-8(6-9)7-18-12(11(16)19)17-13-10(14(18)20)4-5-21-13/h1-6H,7H2,(H2,16,19). The molecule has 0 saturated carbocycles. The molecule has 106 valence electrons. The number of nitrogens with two attached hydrogens (primary N) is 1. The van der Waals surface area contributed by atoms with E-state index in [-0.39, 0.29) is 17.9 Å². The van der Waals surface area contributed by atoms with Crippen LogP contribution in [0, 0.1) is 0 Å². The minimum atomic E-state index is -0.732. The average molecular weight is 320 g/mol. The van der Waals surface area contributed by atoms with Gasteiger partial charge in [-0.15, -0.1) is 11.3 Å². The van der Waals surface area contributed by atoms with Crippen molar-refractivity contribution >= 4 is 39.1 Å². The van der Waals surface area contributed by atoms with Gasteiger partial charge in [-0.2, -0.15) is 0 Å². The molecule has 1 aromatic carbocycles. The van der Waals surface area contributed by atoms with Crippen molar-refractivity contribution in [1.29, 1.82) is 0 Å². The van der Waals surface area contributed by atoms with E-state index in [1.165, 1.54) is 15.9 Å². The lowest BCUT2D eigenvalue weighted by Crippen LogP contribution is -2.30. The highest BCUT2D eigenvalue weighted by molar-refractivity contribution is 7.16. The van der Waals surface area contributed by atoms with Crippen LogP contribution >= 0.6 is 22.9 Å². The fourth-order valence-electron chi connectivity index (χ4n) is 2.10. The molecule has 1 amide bonds. The van der Waals surface area contributed by atoms with E-state index in [9.17, 15) is 9.59 Å². The first-order chi connectivity index (χ1) is 10.1. The third kappa shape index (κ3) is 2.55. The van der Waals surface area contributed by atoms with Crippen LogP contribution in [0.15, 0.2) is 40.5 Å². The van der Waals surface area contributed by atoms with Crippen LogP contribution in [0.1, 0.15) is 16.2 Å². The molecule has 3 rings (SSSR count). The fraction of sp³-hybridized carbons (Fsp3) is 0.0714. The molecule has 0 saturated heterocycles. The molecule has 2 heterocycles. The van der Waals surface area contributed by atoms with E-state index in [1.807, 2.05) is 6.07 Å². The van der Waals surface area contributed by atoms with Gasteiger partial charge < -0.3 is 5.73 Å². The highest BCUT2D eigenvalue weighted by Crippen LogP contribution is 2.17. The number of rotatable bonds is 3. The van der Waals surface area contributed by atoms with E-state index in [1.54, 1.807) is 29.6 Å². The summed E-state index contributed by atoms with van der Waals surface area (Å²) in [5.74, 6) is -0.778. The van der Waals surface area contributed by atoms with Crippen molar-refractivity contribution in [3.63, 3.8) is 0 Å². The number of fused-ring (bicyclic) bond motifs is 1. The van der Waals surface area contributed by atoms with E-state index in [2.05, 4.69) is 4.98 Å². The Hall–Kier alpha value is -2.18. The summed E-state index contributed by atoms with van der Waals surface area (Å²) in [5.41, 5.74) is 5.86. The lowest BCUT2D eigenvalue weighted by Gasteiger charge is -2.10. The van der Waals surface area contributed by atoms with Gasteiger partial charge in [0.05, 0.1) is 11.9 Å². The Bertz CT molecular complexity index is 901. The molecule has 5 nitrogen and oxygen atoms in total. The summed E-state index contributed by atoms with van der Waals surface area (Å²) in [6.07, 6.45) is 0. The number of primary amides is 1. The van der Waals surface area contributed by atoms with Crippen LogP contribution in [0.25, 0.3) is 10.2 Å². The van der Waals surface area contributed by atoms with Crippen LogP contribution in [0.2, 0.25) is 5.02 Å². The second kappa shape index (κ2) is 5.31. The number of amides is 1. The first-order valence-corrected chi connectivity index (χ1v) is 7.34. The molecular weight excluding hydrogens is 310 g/mol. The number of benzene rings is 1. The van der Waals surface area contributed by atoms with Crippen molar-refractivity contribution in [2.45, 2.75) is 6.54 Å². The molecule has 0 fully saturated rings. The molecule has 0 aliphatic rings. The molecule has 0 bridgehead atoms. The highest BCUT2D eigenvalue weighted by Gasteiger charge is 2.16. The number of hydrogen-bond acceptors (Lipinski definition) is 4. The number of nitrogens with zero attached hydrogens (tertiary/aromatic N) is 2. The van der Waals surface area contributed by atoms with Gasteiger partial charge in [-0.3, -0.25) is 14.2 Å². The Morgan fingerprint density at radius 2 is 2.19 bits per heavy atom. The highest BCUT2D eigenvalue weighted by atomic mass is 35.5. The zero-order chi connectivity index (χ0) is 15.0. The Labute approximate surface area is 128 Å². The monoisotopic (exact) mass is 319 g/mol. The maximum atomic E-state index is 12.5. The summed E-state index contributed by atoms with van der Waals surface area (Å²) in [4.78, 5) is 28.8. The maximum absolute atomic E-state index is 12.5. The largest absolute Gasteiger partial charge is 0.363 e. The van der Waals surface area contributed by atoms with Gasteiger partial charge in [0, 0.05) is 5.02 Å². The zero-order valence-electron chi connectivity index (χ0n) is 10.7. The summed E-state index contributed by atoms with van der Waals surface area (Å²) in [5, 5.41) is 2.80. The van der Waals surface area contributed by atoms with Gasteiger partial charge in [-0.05, 0) is 29.1 Å². The smallest absolute Gasteiger partial charge is 0.284 e. The number of carbonyl (C=O) groups excluding carboxylic acids is 1. The molecule has 2 N–H and O–H groups in total. The van der Waals surface area contributed by atoms with Crippen LogP contribution in [0.4, 0.5) is 0 Å². The topological polar surface area (TPSA) is 78.0 Å². The molecule has 21 heavy (non-hydrogen) atoms. The van der Waals surface area contributed by atoms with Crippen LogP contribution in [0.3, 0.4) is 0 Å². The summed E-state index contributed by atoms with van der Waals surface area (Å²) >= 11 is 7.24. The quantitative estimate of drug-likeness (QED) is 0.804. The van der Waals surface area contributed by atoms with Gasteiger partial charge in [0.2, 0.25) is 5.82 Å². The Morgan fingerprint density at radius 3 is 2.90 bits per heavy atom. The van der Waals surface area contributed by atoms with E-state index in [0.29, 0.717) is 15.2 Å². The van der Waals surface area contributed by atoms with Gasteiger partial charge in [-0.25, -0.2) is 4.98 Å². The third-order valence-electron chi connectivity index (χ3n) is 3.03. The second-order valence-corrected chi connectivity index (χ2v) is 5.79. The molecule has 3 aromatic rings. The number of thiophene rings is 1. The van der Waals surface area contributed by atoms with Gasteiger partial charge in [-0.1, -0.05) is 23.7 Å². The minimum Gasteiger partial charge on any atom is -0.363 e. The first-order valence-electron chi connectivity index (χ1n) is 6.08. The first kappa shape index (κ1) is 13.8. The molecule has 7 heteroatoms. The van der Waals surface area contributed by atoms with E-state index < -0.39 is 5.91 Å². The van der Waals surface area contributed by atoms with Gasteiger partial charge >= 0.3 is 0 Å². The molecular formula is C14H10ClN3O2S. The molecule has 0 spiro atoms. The molecule has 0 radical (unpaired) electrons. The molecule has 0 unspecified atom stereocenters. The number of hydrogen-bond donors (Lipinski definition) is 1. The van der Waals surface area contributed by atoms with Crippen LogP contribution in [-0.4, -0.2) is 15.5 Å². The maximum Gasteiger partial charge on any atom is 0.284 e. The fourth-order valence-corrected chi connectivity index (χ4v) is 3.07. The van der Waals surface area contributed by atoms with Crippen LogP contribution < -0.4 is 11.3 Å². The molecule has 0 atom stereocenters. The van der Waals surface area contributed by atoms with Crippen molar-refractivity contribution < 1.29 is 4.79 Å². The van der Waals surface area contributed by atoms with Gasteiger partial charge in [0.25, 0.3) is 11.5 Å². The lowest BCUT2D eigenvalue weighted by molar-refractivity contribution is 0.0985. The summed E-state index contributed by atoms with van der Waals surface area (Å²) in [7, 11) is 0. The van der Waals surface area contributed by atoms with Crippen molar-refractivity contribution in [3.8, 4) is 0 Å². The summed E-state index contributed by atoms with van der Waals surface area (Å²) in [6, 6.07) is 8.76. The summed E-state index contributed by atoms with van der Waals surface area (Å²) < 4.78 is 1.28. The third-order valence-corrected chi connectivity index (χ3v) is 4.08. The average Bonchev–Trinajstić information content (AvgIpc) is 2.90. The second-order valence-electron chi connectivity index (χ2n) is 4.46. The number of halogens is 1. The van der Waals surface area contributed by atoms with Gasteiger partial charge in [0.1, 0.15) is 4.83 Å². The normalized spacial score (nSPS) is 10.9. The SMILES string of the molecule is NC(=O)c1nc2sccc2c(=O)n1Cc1cccc(Cl)c1. The predicted octanol–water partition coefficient (Wildman–Crippen LogP) is 2.26. The molecule has 0 aliphatic heterocycles. The van der Waals surface area contributed by atoms with Gasteiger partial charge in [0.15, 0.2) is 0 Å².